The average Bonchev–Trinajstić information content (AvgIpc) is 3.52. The maximum absolute atomic E-state index is 12.0. The number of rotatable bonds is 12. The van der Waals surface area contributed by atoms with Gasteiger partial charge in [-0.2, -0.15) is 0 Å². The molecular formula is C26H34O2S8. The summed E-state index contributed by atoms with van der Waals surface area (Å²) in [5.41, 5.74) is 1.28. The normalized spacial score (nSPS) is 25.4. The van der Waals surface area contributed by atoms with Crippen LogP contribution in [0.3, 0.4) is 0 Å². The minimum Gasteiger partial charge on any atom is -0.282 e. The van der Waals surface area contributed by atoms with Crippen molar-refractivity contribution in [3.05, 3.63) is 48.6 Å². The summed E-state index contributed by atoms with van der Waals surface area (Å²) in [6.07, 6.45) is 0. The Morgan fingerprint density at radius 3 is 1.50 bits per heavy atom. The van der Waals surface area contributed by atoms with E-state index in [0.717, 1.165) is 23.0 Å². The van der Waals surface area contributed by atoms with Gasteiger partial charge in [0.25, 0.3) is 0 Å². The largest absolute Gasteiger partial charge is 0.282 e. The van der Waals surface area contributed by atoms with Gasteiger partial charge in [-0.15, -0.1) is 70.6 Å². The molecule has 2 nitrogen and oxygen atoms in total. The number of carbonyl (C=O) groups excluding carboxylic acids is 2. The van der Waals surface area contributed by atoms with Gasteiger partial charge < -0.3 is 0 Å². The van der Waals surface area contributed by atoms with Crippen LogP contribution in [-0.2, 0) is 9.59 Å². The van der Waals surface area contributed by atoms with Crippen molar-refractivity contribution in [3.8, 4) is 0 Å². The monoisotopic (exact) mass is 634 g/mol. The van der Waals surface area contributed by atoms with Gasteiger partial charge in [0, 0.05) is 53.8 Å². The smallest absolute Gasteiger partial charge is 0.214 e. The lowest BCUT2D eigenvalue weighted by Gasteiger charge is -2.17. The van der Waals surface area contributed by atoms with Crippen LogP contribution in [0.2, 0.25) is 0 Å². The van der Waals surface area contributed by atoms with Crippen molar-refractivity contribution < 1.29 is 9.59 Å². The second-order valence-corrected chi connectivity index (χ2v) is 19.6. The Labute approximate surface area is 251 Å². The molecule has 1 aromatic rings. The summed E-state index contributed by atoms with van der Waals surface area (Å²) in [6.45, 7) is 15.5. The predicted octanol–water partition coefficient (Wildman–Crippen LogP) is 8.67. The zero-order valence-corrected chi connectivity index (χ0v) is 27.6. The Balaban J connectivity index is 1.35. The number of carbonyl (C=O) groups is 2. The van der Waals surface area contributed by atoms with E-state index in [9.17, 15) is 9.59 Å². The van der Waals surface area contributed by atoms with Gasteiger partial charge in [0.15, 0.2) is 0 Å². The molecule has 36 heavy (non-hydrogen) atoms. The summed E-state index contributed by atoms with van der Waals surface area (Å²) in [5.74, 6) is 4.40. The molecule has 198 valence electrons. The van der Waals surface area contributed by atoms with E-state index >= 15 is 0 Å². The molecule has 1 aromatic carbocycles. The van der Waals surface area contributed by atoms with Gasteiger partial charge in [0.2, 0.25) is 10.2 Å². The van der Waals surface area contributed by atoms with Gasteiger partial charge in [-0.25, -0.2) is 0 Å². The highest BCUT2D eigenvalue weighted by Gasteiger charge is 2.32. The molecule has 2 aliphatic rings. The lowest BCUT2D eigenvalue weighted by atomic mass is 10.4. The van der Waals surface area contributed by atoms with E-state index in [-0.39, 0.29) is 10.2 Å². The molecule has 0 aromatic heterocycles. The van der Waals surface area contributed by atoms with Crippen LogP contribution in [0, 0.1) is 0 Å². The first-order valence-electron chi connectivity index (χ1n) is 11.7. The molecule has 0 spiro atoms. The van der Waals surface area contributed by atoms with Crippen molar-refractivity contribution in [1.82, 2.24) is 0 Å². The summed E-state index contributed by atoms with van der Waals surface area (Å²) in [5, 5.41) is 1.93. The second kappa shape index (κ2) is 15.6. The first-order chi connectivity index (χ1) is 17.1. The molecule has 0 aliphatic carbocycles. The van der Waals surface area contributed by atoms with E-state index in [1.165, 1.54) is 33.3 Å². The molecular weight excluding hydrogens is 601 g/mol. The molecule has 10 heteroatoms. The van der Waals surface area contributed by atoms with E-state index in [1.54, 1.807) is 13.8 Å². The molecule has 0 saturated carbocycles. The van der Waals surface area contributed by atoms with Crippen molar-refractivity contribution in [2.24, 2.45) is 0 Å². The minimum absolute atomic E-state index is 0.123. The third-order valence-corrected chi connectivity index (χ3v) is 18.3. The maximum atomic E-state index is 12.0. The van der Waals surface area contributed by atoms with Crippen LogP contribution in [0.4, 0.5) is 0 Å². The SMILES string of the molecule is C=C(C)C(=O)SC(C)C1CSC(CSc2ccc(SCC3SCC(C(C)SC(=O)C(=C)C)S3)cc2)S1. The van der Waals surface area contributed by atoms with Crippen LogP contribution >= 0.6 is 94.1 Å². The lowest BCUT2D eigenvalue weighted by molar-refractivity contribution is -0.108. The first kappa shape index (κ1) is 31.4. The zero-order valence-electron chi connectivity index (χ0n) is 21.1. The molecule has 2 heterocycles. The Kier molecular flexibility index (Phi) is 13.6. The van der Waals surface area contributed by atoms with Gasteiger partial charge in [-0.05, 0) is 49.3 Å². The van der Waals surface area contributed by atoms with Gasteiger partial charge in [-0.3, -0.25) is 9.59 Å². The molecule has 0 radical (unpaired) electrons. The standard InChI is InChI=1S/C26H34O2S8/c1-15(2)25(27)33-17(5)21-11-31-23(35-21)13-29-19-7-9-20(10-8-19)30-14-24-32-12-22(36-24)18(6)34-26(28)16(3)4/h7-10,17-18,21-24H,1,3,11-14H2,2,4-6H3. The minimum atomic E-state index is 0.123. The fourth-order valence-electron chi connectivity index (χ4n) is 3.27. The quantitative estimate of drug-likeness (QED) is 0.165. The lowest BCUT2D eigenvalue weighted by Crippen LogP contribution is -2.18. The molecule has 0 amide bonds. The van der Waals surface area contributed by atoms with Gasteiger partial charge in [0.1, 0.15) is 0 Å². The molecule has 2 aliphatic heterocycles. The number of hydrogen-bond donors (Lipinski definition) is 0. The summed E-state index contributed by atoms with van der Waals surface area (Å²) in [6, 6.07) is 8.99. The summed E-state index contributed by atoms with van der Waals surface area (Å²) < 4.78 is 1.15. The van der Waals surface area contributed by atoms with E-state index < -0.39 is 0 Å². The number of hydrogen-bond acceptors (Lipinski definition) is 10. The highest BCUT2D eigenvalue weighted by molar-refractivity contribution is 8.23. The maximum Gasteiger partial charge on any atom is 0.214 e. The van der Waals surface area contributed by atoms with Crippen molar-refractivity contribution >= 4 is 104 Å². The fraction of sp³-hybridized carbons (Fsp3) is 0.538. The molecule has 2 saturated heterocycles. The van der Waals surface area contributed by atoms with Crippen LogP contribution in [0.25, 0.3) is 0 Å². The molecule has 6 atom stereocenters. The Morgan fingerprint density at radius 2 is 1.17 bits per heavy atom. The van der Waals surface area contributed by atoms with Crippen LogP contribution in [-0.4, -0.2) is 63.4 Å². The summed E-state index contributed by atoms with van der Waals surface area (Å²) in [4.78, 5) is 26.6. The van der Waals surface area contributed by atoms with Crippen molar-refractivity contribution in [2.75, 3.05) is 23.0 Å². The van der Waals surface area contributed by atoms with E-state index in [1.807, 2.05) is 70.6 Å². The van der Waals surface area contributed by atoms with Gasteiger partial charge in [0.05, 0.1) is 9.16 Å². The first-order valence-corrected chi connectivity index (χ1v) is 19.5. The third kappa shape index (κ3) is 10.1. The van der Waals surface area contributed by atoms with Crippen molar-refractivity contribution in [3.63, 3.8) is 0 Å². The van der Waals surface area contributed by atoms with Crippen LogP contribution in [0.15, 0.2) is 58.4 Å². The topological polar surface area (TPSA) is 34.1 Å². The molecule has 0 bridgehead atoms. The van der Waals surface area contributed by atoms with Gasteiger partial charge in [-0.1, -0.05) is 50.5 Å². The average molecular weight is 635 g/mol. The summed E-state index contributed by atoms with van der Waals surface area (Å²) >= 11 is 14.9. The highest BCUT2D eigenvalue weighted by atomic mass is 32.2. The van der Waals surface area contributed by atoms with Crippen LogP contribution in [0.5, 0.6) is 0 Å². The molecule has 2 fully saturated rings. The number of thioether (sulfide) groups is 8. The molecule has 0 N–H and O–H groups in total. The number of benzene rings is 1. The summed E-state index contributed by atoms with van der Waals surface area (Å²) in [7, 11) is 0. The van der Waals surface area contributed by atoms with E-state index in [0.29, 0.717) is 41.3 Å². The highest BCUT2D eigenvalue weighted by Crippen LogP contribution is 2.46. The Hall–Kier alpha value is 0.840. The fourth-order valence-corrected chi connectivity index (χ4v) is 15.0. The van der Waals surface area contributed by atoms with E-state index in [4.69, 9.17) is 0 Å². The van der Waals surface area contributed by atoms with Gasteiger partial charge >= 0.3 is 0 Å². The van der Waals surface area contributed by atoms with Crippen molar-refractivity contribution in [2.45, 2.75) is 67.6 Å². The van der Waals surface area contributed by atoms with Crippen LogP contribution in [0.1, 0.15) is 27.7 Å². The predicted molar refractivity (Wildman–Crippen MR) is 177 cm³/mol. The second-order valence-electron chi connectivity index (χ2n) is 8.75. The van der Waals surface area contributed by atoms with Crippen LogP contribution < -0.4 is 0 Å². The van der Waals surface area contributed by atoms with E-state index in [2.05, 4.69) is 51.3 Å². The zero-order chi connectivity index (χ0) is 26.2. The Bertz CT molecular complexity index is 859. The molecule has 3 rings (SSSR count). The third-order valence-electron chi connectivity index (χ3n) is 5.47. The Morgan fingerprint density at radius 1 is 0.806 bits per heavy atom. The molecule has 6 unspecified atom stereocenters. The van der Waals surface area contributed by atoms with Crippen molar-refractivity contribution in [1.29, 1.82) is 0 Å².